The molecular formula is C44H71O13P. The van der Waals surface area contributed by atoms with Crippen LogP contribution >= 0.6 is 7.82 Å². The van der Waals surface area contributed by atoms with Crippen LogP contribution in [-0.2, 0) is 32.7 Å². The third-order valence-corrected chi connectivity index (χ3v) is 9.03. The Labute approximate surface area is 346 Å². The van der Waals surface area contributed by atoms with Gasteiger partial charge in [-0.25, -0.2) is 4.57 Å². The highest BCUT2D eigenvalue weighted by molar-refractivity contribution is 7.47. The summed E-state index contributed by atoms with van der Waals surface area (Å²) < 4.78 is 32.4. The van der Waals surface area contributed by atoms with E-state index in [0.29, 0.717) is 12.8 Å². The van der Waals surface area contributed by atoms with Crippen molar-refractivity contribution in [3.05, 3.63) is 97.2 Å². The number of esters is 2. The first-order valence-corrected chi connectivity index (χ1v) is 22.0. The van der Waals surface area contributed by atoms with Crippen LogP contribution in [0.2, 0.25) is 0 Å². The van der Waals surface area contributed by atoms with Crippen LogP contribution in [0.1, 0.15) is 110 Å². The zero-order valence-corrected chi connectivity index (χ0v) is 35.4. The summed E-state index contributed by atoms with van der Waals surface area (Å²) in [7, 11) is -4.73. The quantitative estimate of drug-likeness (QED) is 0.0120. The molecule has 0 saturated heterocycles. The highest BCUT2D eigenvalue weighted by Crippen LogP contribution is 2.43. The van der Waals surface area contributed by atoms with Gasteiger partial charge in [0.05, 0.1) is 38.1 Å². The van der Waals surface area contributed by atoms with Crippen LogP contribution in [0.5, 0.6) is 0 Å². The molecule has 0 rings (SSSR count). The van der Waals surface area contributed by atoms with Gasteiger partial charge in [0.2, 0.25) is 0 Å². The lowest BCUT2D eigenvalue weighted by Gasteiger charge is -2.20. The maximum absolute atomic E-state index is 12.6. The molecule has 0 spiro atoms. The molecule has 0 aliphatic rings. The number of aliphatic hydroxyl groups is 5. The second-order valence-corrected chi connectivity index (χ2v) is 14.9. The van der Waals surface area contributed by atoms with E-state index in [1.54, 1.807) is 42.5 Å². The Morgan fingerprint density at radius 1 is 0.638 bits per heavy atom. The Morgan fingerprint density at radius 2 is 1.21 bits per heavy atom. The van der Waals surface area contributed by atoms with E-state index < -0.39 is 76.7 Å². The normalized spacial score (nSPS) is 16.5. The van der Waals surface area contributed by atoms with Crippen molar-refractivity contribution in [3.8, 4) is 0 Å². The van der Waals surface area contributed by atoms with Gasteiger partial charge in [0.25, 0.3) is 0 Å². The van der Waals surface area contributed by atoms with Crippen molar-refractivity contribution in [2.75, 3.05) is 26.4 Å². The van der Waals surface area contributed by atoms with Crippen molar-refractivity contribution >= 4 is 19.8 Å². The molecule has 6 N–H and O–H groups in total. The van der Waals surface area contributed by atoms with Crippen LogP contribution in [0.15, 0.2) is 97.2 Å². The standard InChI is InChI=1S/C44H71O13P/c1-3-5-7-8-9-10-11-12-13-14-15-16-17-22-26-32-43(50)54-36-40(37-56-58(52,53)55-35-39(47)34-45)57-44(51)33-27-31-42(49)41(48)30-25-21-19-18-20-24-29-38(46)28-23-6-4-2/h5-7,9-10,12-13,18-21,23-25,29-30,38-42,45-49H,3-4,8,11,14-17,22,26-28,31-37H2,1-2H3,(H,52,53)/b7-5-,10-9-,13-12-,20-18+,21-19-,23-6-,29-24+,30-25-/t38-,39-,40+,41+,42+/m0/s1. The Balaban J connectivity index is 4.73. The number of allylic oxidation sites excluding steroid dienone is 13. The number of rotatable bonds is 36. The fourth-order valence-corrected chi connectivity index (χ4v) is 5.61. The van der Waals surface area contributed by atoms with E-state index in [-0.39, 0.29) is 25.7 Å². The molecule has 0 saturated carbocycles. The van der Waals surface area contributed by atoms with Gasteiger partial charge < -0.3 is 39.9 Å². The third-order valence-electron chi connectivity index (χ3n) is 8.08. The number of aliphatic hydroxyl groups excluding tert-OH is 5. The van der Waals surface area contributed by atoms with Crippen molar-refractivity contribution in [1.82, 2.24) is 0 Å². The first-order valence-electron chi connectivity index (χ1n) is 20.5. The zero-order chi connectivity index (χ0) is 43.1. The van der Waals surface area contributed by atoms with E-state index >= 15 is 0 Å². The predicted octanol–water partition coefficient (Wildman–Crippen LogP) is 7.35. The van der Waals surface area contributed by atoms with Gasteiger partial charge in [0.1, 0.15) is 12.7 Å². The minimum absolute atomic E-state index is 0.0551. The lowest BCUT2D eigenvalue weighted by Crippen LogP contribution is -2.30. The first-order chi connectivity index (χ1) is 27.9. The highest BCUT2D eigenvalue weighted by Gasteiger charge is 2.27. The van der Waals surface area contributed by atoms with Crippen LogP contribution in [0.4, 0.5) is 0 Å². The van der Waals surface area contributed by atoms with Gasteiger partial charge in [-0.1, -0.05) is 130 Å². The van der Waals surface area contributed by atoms with Crippen LogP contribution in [0, 0.1) is 0 Å². The molecule has 0 amide bonds. The van der Waals surface area contributed by atoms with Crippen LogP contribution in [0.3, 0.4) is 0 Å². The minimum atomic E-state index is -4.73. The molecule has 6 atom stereocenters. The maximum atomic E-state index is 12.6. The molecule has 0 aromatic heterocycles. The van der Waals surface area contributed by atoms with Crippen molar-refractivity contribution in [2.45, 2.75) is 141 Å². The fourth-order valence-electron chi connectivity index (χ4n) is 4.82. The Kier molecular flexibility index (Phi) is 35.9. The summed E-state index contributed by atoms with van der Waals surface area (Å²) in [5, 5.41) is 48.7. The van der Waals surface area contributed by atoms with E-state index in [1.165, 1.54) is 6.08 Å². The van der Waals surface area contributed by atoms with Gasteiger partial charge in [-0.15, -0.1) is 0 Å². The van der Waals surface area contributed by atoms with E-state index in [9.17, 15) is 39.5 Å². The second kappa shape index (κ2) is 38.0. The SMILES string of the molecule is CC/C=C\C/C=C\C/C=C\CCCCCCCC(=O)OC[C@H](COP(=O)(O)OC[C@@H](O)CO)OC(=O)CCC[C@@H](O)[C@H](O)\C=C/C=C\C=C\C=C\[C@@H](O)C/C=C\CC. The molecule has 0 aliphatic heterocycles. The summed E-state index contributed by atoms with van der Waals surface area (Å²) in [5.41, 5.74) is 0. The topological polar surface area (TPSA) is 210 Å². The fraction of sp³-hybridized carbons (Fsp3) is 0.591. The lowest BCUT2D eigenvalue weighted by atomic mass is 10.1. The van der Waals surface area contributed by atoms with Gasteiger partial charge in [-0.3, -0.25) is 18.6 Å². The van der Waals surface area contributed by atoms with Crippen molar-refractivity contribution in [1.29, 1.82) is 0 Å². The van der Waals surface area contributed by atoms with Crippen LogP contribution in [-0.4, -0.2) is 99.3 Å². The zero-order valence-electron chi connectivity index (χ0n) is 34.5. The second-order valence-electron chi connectivity index (χ2n) is 13.5. The first kappa shape index (κ1) is 54.8. The number of phosphoric ester groups is 1. The van der Waals surface area contributed by atoms with Gasteiger partial charge in [-0.05, 0) is 64.2 Å². The van der Waals surface area contributed by atoms with Gasteiger partial charge >= 0.3 is 19.8 Å². The van der Waals surface area contributed by atoms with Crippen LogP contribution < -0.4 is 0 Å². The molecular weight excluding hydrogens is 767 g/mol. The molecule has 13 nitrogen and oxygen atoms in total. The average Bonchev–Trinajstić information content (AvgIpc) is 3.20. The molecule has 0 aliphatic carbocycles. The Morgan fingerprint density at radius 3 is 1.90 bits per heavy atom. The maximum Gasteiger partial charge on any atom is 0.472 e. The van der Waals surface area contributed by atoms with E-state index in [1.807, 2.05) is 19.1 Å². The van der Waals surface area contributed by atoms with E-state index in [2.05, 4.69) is 47.9 Å². The van der Waals surface area contributed by atoms with Gasteiger partial charge in [-0.2, -0.15) is 0 Å². The smallest absolute Gasteiger partial charge is 0.462 e. The summed E-state index contributed by atoms with van der Waals surface area (Å²) in [5.74, 6) is -1.29. The number of hydrogen-bond donors (Lipinski definition) is 6. The van der Waals surface area contributed by atoms with E-state index in [4.69, 9.17) is 19.1 Å². The Hall–Kier alpha value is -3.23. The predicted molar refractivity (Wildman–Crippen MR) is 227 cm³/mol. The number of phosphoric acid groups is 1. The van der Waals surface area contributed by atoms with Crippen molar-refractivity contribution in [2.24, 2.45) is 0 Å². The summed E-state index contributed by atoms with van der Waals surface area (Å²) in [4.78, 5) is 35.0. The van der Waals surface area contributed by atoms with Crippen molar-refractivity contribution < 1.29 is 63.1 Å². The number of carbonyl (C=O) groups excluding carboxylic acids is 2. The summed E-state index contributed by atoms with van der Waals surface area (Å²) >= 11 is 0. The summed E-state index contributed by atoms with van der Waals surface area (Å²) in [6.07, 6.45) is 34.6. The summed E-state index contributed by atoms with van der Waals surface area (Å²) in [6.45, 7) is 1.62. The number of unbranched alkanes of at least 4 members (excludes halogenated alkanes) is 5. The number of ether oxygens (including phenoxy) is 2. The largest absolute Gasteiger partial charge is 0.472 e. The number of carbonyl (C=O) groups is 2. The molecule has 0 heterocycles. The van der Waals surface area contributed by atoms with Gasteiger partial charge in [0, 0.05) is 12.8 Å². The Bertz CT molecular complexity index is 1330. The van der Waals surface area contributed by atoms with Crippen LogP contribution in [0.25, 0.3) is 0 Å². The lowest BCUT2D eigenvalue weighted by molar-refractivity contribution is -0.161. The van der Waals surface area contributed by atoms with E-state index in [0.717, 1.165) is 57.8 Å². The monoisotopic (exact) mass is 838 g/mol. The molecule has 0 aromatic rings. The molecule has 330 valence electrons. The molecule has 14 heteroatoms. The molecule has 0 fully saturated rings. The summed E-state index contributed by atoms with van der Waals surface area (Å²) in [6, 6.07) is 0. The molecule has 0 radical (unpaired) electrons. The molecule has 1 unspecified atom stereocenters. The third kappa shape index (κ3) is 35.9. The number of hydrogen-bond acceptors (Lipinski definition) is 12. The molecule has 0 aromatic carbocycles. The average molecular weight is 839 g/mol. The molecule has 58 heavy (non-hydrogen) atoms. The van der Waals surface area contributed by atoms with Crippen molar-refractivity contribution in [3.63, 3.8) is 0 Å². The van der Waals surface area contributed by atoms with Gasteiger partial charge in [0.15, 0.2) is 6.10 Å². The molecule has 0 bridgehead atoms. The highest BCUT2D eigenvalue weighted by atomic mass is 31.2. The minimum Gasteiger partial charge on any atom is -0.462 e.